The number of hydrogen-bond donors (Lipinski definition) is 3. The van der Waals surface area contributed by atoms with E-state index in [0.717, 1.165) is 41.8 Å². The van der Waals surface area contributed by atoms with Crippen molar-refractivity contribution in [2.75, 3.05) is 10.6 Å². The zero-order chi connectivity index (χ0) is 24.6. The highest BCUT2D eigenvalue weighted by Gasteiger charge is 2.24. The number of nitrogens with one attached hydrogen (secondary N) is 2. The van der Waals surface area contributed by atoms with Gasteiger partial charge in [-0.1, -0.05) is 61.7 Å². The monoisotopic (exact) mass is 487 g/mol. The van der Waals surface area contributed by atoms with E-state index in [4.69, 9.17) is 5.73 Å². The van der Waals surface area contributed by atoms with Crippen molar-refractivity contribution in [2.24, 2.45) is 11.7 Å². The molecule has 0 aliphatic heterocycles. The molecule has 4 rings (SSSR count). The quantitative estimate of drug-likeness (QED) is 0.351. The van der Waals surface area contributed by atoms with Crippen LogP contribution in [-0.4, -0.2) is 17.7 Å². The van der Waals surface area contributed by atoms with Gasteiger partial charge < -0.3 is 16.4 Å². The predicted octanol–water partition coefficient (Wildman–Crippen LogP) is 5.78. The summed E-state index contributed by atoms with van der Waals surface area (Å²) in [4.78, 5) is 38.6. The fourth-order valence-electron chi connectivity index (χ4n) is 4.27. The molecule has 0 spiro atoms. The third kappa shape index (κ3) is 6.51. The summed E-state index contributed by atoms with van der Waals surface area (Å²) in [7, 11) is 0. The van der Waals surface area contributed by atoms with Crippen LogP contribution in [-0.2, 0) is 9.59 Å². The SMILES string of the molecule is NC(=O)c1ccccc1NC(=O)C(Sc1ccc(NC(=O)C2CCCCC2)cc1)c1ccccc1. The Bertz CT molecular complexity index is 1180. The maximum absolute atomic E-state index is 13.3. The first-order chi connectivity index (χ1) is 17.0. The Kier molecular flexibility index (Phi) is 8.21. The maximum Gasteiger partial charge on any atom is 0.250 e. The highest BCUT2D eigenvalue weighted by Crippen LogP contribution is 2.37. The fourth-order valence-corrected chi connectivity index (χ4v) is 5.29. The minimum absolute atomic E-state index is 0.0831. The van der Waals surface area contributed by atoms with Crippen molar-refractivity contribution < 1.29 is 14.4 Å². The Labute approximate surface area is 209 Å². The number of primary amides is 1. The first-order valence-electron chi connectivity index (χ1n) is 11.8. The van der Waals surface area contributed by atoms with E-state index in [1.54, 1.807) is 24.3 Å². The zero-order valence-corrected chi connectivity index (χ0v) is 20.2. The molecule has 1 fully saturated rings. The number of anilines is 2. The molecule has 0 heterocycles. The summed E-state index contributed by atoms with van der Waals surface area (Å²) in [6.07, 6.45) is 5.33. The van der Waals surface area contributed by atoms with Crippen LogP contribution in [0.3, 0.4) is 0 Å². The first kappa shape index (κ1) is 24.5. The largest absolute Gasteiger partial charge is 0.366 e. The average molecular weight is 488 g/mol. The molecule has 0 aromatic heterocycles. The molecule has 3 aromatic rings. The van der Waals surface area contributed by atoms with Gasteiger partial charge in [-0.2, -0.15) is 0 Å². The number of rotatable bonds is 8. The second-order valence-electron chi connectivity index (χ2n) is 8.66. The summed E-state index contributed by atoms with van der Waals surface area (Å²) in [5.41, 5.74) is 7.70. The number of carbonyl (C=O) groups is 3. The molecule has 6 nitrogen and oxygen atoms in total. The molecular weight excluding hydrogens is 458 g/mol. The molecule has 1 saturated carbocycles. The van der Waals surface area contributed by atoms with Crippen LogP contribution in [0.5, 0.6) is 0 Å². The summed E-state index contributed by atoms with van der Waals surface area (Å²) in [6, 6.07) is 23.7. The van der Waals surface area contributed by atoms with Crippen molar-refractivity contribution >= 4 is 40.9 Å². The Morgan fingerprint density at radius 3 is 2.14 bits per heavy atom. The summed E-state index contributed by atoms with van der Waals surface area (Å²) < 4.78 is 0. The summed E-state index contributed by atoms with van der Waals surface area (Å²) in [5, 5.41) is 5.34. The van der Waals surface area contributed by atoms with E-state index in [1.165, 1.54) is 18.2 Å². The van der Waals surface area contributed by atoms with Crippen LogP contribution in [0.25, 0.3) is 0 Å². The number of hydrogen-bond acceptors (Lipinski definition) is 4. The van der Waals surface area contributed by atoms with E-state index in [-0.39, 0.29) is 23.3 Å². The van der Waals surface area contributed by atoms with Gasteiger partial charge in [0.2, 0.25) is 11.8 Å². The molecule has 180 valence electrons. The molecule has 1 unspecified atom stereocenters. The lowest BCUT2D eigenvalue weighted by atomic mass is 9.88. The molecule has 0 saturated heterocycles. The summed E-state index contributed by atoms with van der Waals surface area (Å²) in [5.74, 6) is -0.688. The van der Waals surface area contributed by atoms with Gasteiger partial charge in [-0.05, 0) is 54.8 Å². The lowest BCUT2D eigenvalue weighted by Crippen LogP contribution is -2.24. The Hall–Kier alpha value is -3.58. The molecule has 35 heavy (non-hydrogen) atoms. The molecule has 7 heteroatoms. The van der Waals surface area contributed by atoms with Gasteiger partial charge in [0, 0.05) is 16.5 Å². The minimum Gasteiger partial charge on any atom is -0.366 e. The van der Waals surface area contributed by atoms with Gasteiger partial charge in [-0.25, -0.2) is 0 Å². The van der Waals surface area contributed by atoms with Crippen molar-refractivity contribution in [1.82, 2.24) is 0 Å². The molecule has 1 atom stereocenters. The van der Waals surface area contributed by atoms with E-state index in [2.05, 4.69) is 10.6 Å². The second kappa shape index (κ2) is 11.7. The number of nitrogens with two attached hydrogens (primary N) is 1. The fraction of sp³-hybridized carbons (Fsp3) is 0.250. The van der Waals surface area contributed by atoms with Crippen molar-refractivity contribution in [3.8, 4) is 0 Å². The second-order valence-corrected chi connectivity index (χ2v) is 9.83. The van der Waals surface area contributed by atoms with Gasteiger partial charge in [-0.15, -0.1) is 11.8 Å². The molecule has 1 aliphatic carbocycles. The third-order valence-electron chi connectivity index (χ3n) is 6.14. The van der Waals surface area contributed by atoms with Gasteiger partial charge in [0.15, 0.2) is 0 Å². The molecule has 3 aromatic carbocycles. The third-order valence-corrected chi connectivity index (χ3v) is 7.41. The number of para-hydroxylation sites is 1. The minimum atomic E-state index is -0.601. The average Bonchev–Trinajstić information content (AvgIpc) is 2.89. The standard InChI is InChI=1S/C28H29N3O3S/c29-26(32)23-13-7-8-14-24(23)31-28(34)25(19-9-3-1-4-10-19)35-22-17-15-21(16-18-22)30-27(33)20-11-5-2-6-12-20/h1,3-4,7-10,13-18,20,25H,2,5-6,11-12H2,(H2,29,32)(H,30,33)(H,31,34). The van der Waals surface area contributed by atoms with Crippen LogP contribution in [0, 0.1) is 5.92 Å². The van der Waals surface area contributed by atoms with Gasteiger partial charge in [-0.3, -0.25) is 14.4 Å². The number of benzene rings is 3. The highest BCUT2D eigenvalue weighted by molar-refractivity contribution is 8.00. The van der Waals surface area contributed by atoms with Crippen LogP contribution in [0.1, 0.15) is 53.3 Å². The Morgan fingerprint density at radius 1 is 0.800 bits per heavy atom. The van der Waals surface area contributed by atoms with Crippen molar-refractivity contribution in [1.29, 1.82) is 0 Å². The van der Waals surface area contributed by atoms with Crippen molar-refractivity contribution in [3.63, 3.8) is 0 Å². The van der Waals surface area contributed by atoms with Gasteiger partial charge >= 0.3 is 0 Å². The molecule has 3 amide bonds. The number of thioether (sulfide) groups is 1. The van der Waals surface area contributed by atoms with E-state index in [1.807, 2.05) is 54.6 Å². The zero-order valence-electron chi connectivity index (χ0n) is 19.4. The molecule has 0 radical (unpaired) electrons. The van der Waals surface area contributed by atoms with Gasteiger partial charge in [0.05, 0.1) is 11.3 Å². The van der Waals surface area contributed by atoms with E-state index < -0.39 is 11.2 Å². The Morgan fingerprint density at radius 2 is 1.46 bits per heavy atom. The van der Waals surface area contributed by atoms with Gasteiger partial charge in [0.25, 0.3) is 5.91 Å². The van der Waals surface area contributed by atoms with Gasteiger partial charge in [0.1, 0.15) is 5.25 Å². The summed E-state index contributed by atoms with van der Waals surface area (Å²) in [6.45, 7) is 0. The maximum atomic E-state index is 13.3. The summed E-state index contributed by atoms with van der Waals surface area (Å²) >= 11 is 1.40. The number of amides is 3. The highest BCUT2D eigenvalue weighted by atomic mass is 32.2. The lowest BCUT2D eigenvalue weighted by molar-refractivity contribution is -0.120. The number of carbonyl (C=O) groups excluding carboxylic acids is 3. The van der Waals surface area contributed by atoms with Crippen LogP contribution in [0.2, 0.25) is 0 Å². The smallest absolute Gasteiger partial charge is 0.250 e. The van der Waals surface area contributed by atoms with E-state index in [9.17, 15) is 14.4 Å². The molecular formula is C28H29N3O3S. The molecule has 4 N–H and O–H groups in total. The normalized spacial score (nSPS) is 14.6. The van der Waals surface area contributed by atoms with Crippen LogP contribution >= 0.6 is 11.8 Å². The van der Waals surface area contributed by atoms with Crippen LogP contribution in [0.4, 0.5) is 11.4 Å². The topological polar surface area (TPSA) is 101 Å². The molecule has 1 aliphatic rings. The lowest BCUT2D eigenvalue weighted by Gasteiger charge is -2.21. The van der Waals surface area contributed by atoms with Crippen LogP contribution in [0.15, 0.2) is 83.8 Å². The first-order valence-corrected chi connectivity index (χ1v) is 12.7. The van der Waals surface area contributed by atoms with E-state index in [0.29, 0.717) is 5.69 Å². The van der Waals surface area contributed by atoms with Crippen molar-refractivity contribution in [2.45, 2.75) is 42.2 Å². The predicted molar refractivity (Wildman–Crippen MR) is 140 cm³/mol. The molecule has 0 bridgehead atoms. The van der Waals surface area contributed by atoms with E-state index >= 15 is 0 Å². The van der Waals surface area contributed by atoms with Crippen molar-refractivity contribution in [3.05, 3.63) is 90.0 Å². The Balaban J connectivity index is 1.48. The van der Waals surface area contributed by atoms with Crippen LogP contribution < -0.4 is 16.4 Å².